The summed E-state index contributed by atoms with van der Waals surface area (Å²) in [6.07, 6.45) is 0.353. The van der Waals surface area contributed by atoms with Crippen LogP contribution in [0.3, 0.4) is 0 Å². The summed E-state index contributed by atoms with van der Waals surface area (Å²) in [4.78, 5) is 11.8. The summed E-state index contributed by atoms with van der Waals surface area (Å²) in [5.74, 6) is -1.19. The number of benzene rings is 1. The van der Waals surface area contributed by atoms with Crippen LogP contribution in [0.25, 0.3) is 0 Å². The molecule has 0 fully saturated rings. The summed E-state index contributed by atoms with van der Waals surface area (Å²) in [6, 6.07) is 3.90. The van der Waals surface area contributed by atoms with E-state index in [-0.39, 0.29) is 5.82 Å². The van der Waals surface area contributed by atoms with Gasteiger partial charge in [0.05, 0.1) is 0 Å². The Labute approximate surface area is 91.0 Å². The maximum Gasteiger partial charge on any atom is 0.322 e. The molecular formula is C10H10FNO2S. The molecule has 0 aliphatic carbocycles. The number of carboxylic acids is 1. The van der Waals surface area contributed by atoms with Crippen molar-refractivity contribution in [3.05, 3.63) is 29.6 Å². The third-order valence-corrected chi connectivity index (χ3v) is 3.54. The molecule has 0 aromatic heterocycles. The van der Waals surface area contributed by atoms with E-state index in [1.807, 2.05) is 0 Å². The molecule has 0 saturated heterocycles. The van der Waals surface area contributed by atoms with Gasteiger partial charge in [-0.2, -0.15) is 0 Å². The molecule has 3 nitrogen and oxygen atoms in total. The number of nitrogens with zero attached hydrogens (tertiary/aromatic N) is 1. The monoisotopic (exact) mass is 227 g/mol. The number of fused-ring (bicyclic) bond motifs is 1. The van der Waals surface area contributed by atoms with Gasteiger partial charge in [0.2, 0.25) is 0 Å². The predicted molar refractivity (Wildman–Crippen MR) is 55.1 cm³/mol. The van der Waals surface area contributed by atoms with Crippen LogP contribution in [-0.2, 0) is 11.2 Å². The van der Waals surface area contributed by atoms with E-state index >= 15 is 0 Å². The first kappa shape index (κ1) is 10.4. The largest absolute Gasteiger partial charge is 0.480 e. The zero-order valence-corrected chi connectivity index (χ0v) is 8.92. The molecule has 1 aliphatic rings. The minimum Gasteiger partial charge on any atom is -0.480 e. The summed E-state index contributed by atoms with van der Waals surface area (Å²) in [6.45, 7) is 0. The standard InChI is InChI=1S/C10H10FNO2S/c1-12-8(10(13)14)5-6-4-7(11)2-3-9(6)15-12/h2-4,8H,5H2,1H3,(H,13,14). The molecular weight excluding hydrogens is 217 g/mol. The van der Waals surface area contributed by atoms with Gasteiger partial charge in [-0.15, -0.1) is 0 Å². The highest BCUT2D eigenvalue weighted by Gasteiger charge is 2.29. The van der Waals surface area contributed by atoms with E-state index in [4.69, 9.17) is 5.11 Å². The lowest BCUT2D eigenvalue weighted by atomic mass is 10.1. The summed E-state index contributed by atoms with van der Waals surface area (Å²) in [5.41, 5.74) is 0.769. The number of likely N-dealkylation sites (N-methyl/N-ethyl adjacent to an activating group) is 1. The van der Waals surface area contributed by atoms with Gasteiger partial charge in [-0.25, -0.2) is 8.70 Å². The van der Waals surface area contributed by atoms with Crippen LogP contribution in [0, 0.1) is 5.82 Å². The Morgan fingerprint density at radius 1 is 1.67 bits per heavy atom. The summed E-state index contributed by atoms with van der Waals surface area (Å²) < 4.78 is 14.6. The lowest BCUT2D eigenvalue weighted by molar-refractivity contribution is -0.141. The van der Waals surface area contributed by atoms with Gasteiger partial charge in [0.25, 0.3) is 0 Å². The number of hydrogen-bond donors (Lipinski definition) is 1. The maximum absolute atomic E-state index is 12.9. The van der Waals surface area contributed by atoms with Crippen molar-refractivity contribution in [2.45, 2.75) is 17.4 Å². The van der Waals surface area contributed by atoms with Gasteiger partial charge in [0.1, 0.15) is 11.9 Å². The van der Waals surface area contributed by atoms with Crippen molar-refractivity contribution in [2.75, 3.05) is 7.05 Å². The van der Waals surface area contributed by atoms with E-state index in [2.05, 4.69) is 0 Å². The molecule has 0 spiro atoms. The van der Waals surface area contributed by atoms with E-state index in [1.165, 1.54) is 24.1 Å². The zero-order valence-electron chi connectivity index (χ0n) is 8.11. The fourth-order valence-electron chi connectivity index (χ4n) is 1.60. The van der Waals surface area contributed by atoms with Gasteiger partial charge in [-0.05, 0) is 42.8 Å². The van der Waals surface area contributed by atoms with Crippen LogP contribution in [0.2, 0.25) is 0 Å². The van der Waals surface area contributed by atoms with Crippen molar-refractivity contribution in [1.29, 1.82) is 0 Å². The van der Waals surface area contributed by atoms with E-state index in [1.54, 1.807) is 17.4 Å². The molecule has 1 aliphatic heterocycles. The summed E-state index contributed by atoms with van der Waals surface area (Å²) in [5, 5.41) is 8.95. The normalized spacial score (nSPS) is 21.1. The molecule has 1 aromatic rings. The Hall–Kier alpha value is -1.07. The quantitative estimate of drug-likeness (QED) is 0.742. The zero-order chi connectivity index (χ0) is 11.0. The number of aliphatic carboxylic acids is 1. The molecule has 1 atom stereocenters. The smallest absolute Gasteiger partial charge is 0.322 e. The van der Waals surface area contributed by atoms with Crippen LogP contribution in [-0.4, -0.2) is 28.5 Å². The average molecular weight is 227 g/mol. The molecule has 0 saturated carbocycles. The number of hydrogen-bond acceptors (Lipinski definition) is 3. The SMILES string of the molecule is CN1Sc2ccc(F)cc2CC1C(=O)O. The second-order valence-corrected chi connectivity index (χ2v) is 4.65. The van der Waals surface area contributed by atoms with Gasteiger partial charge in [-0.3, -0.25) is 4.79 Å². The Bertz CT molecular complexity index is 410. The number of carboxylic acid groups (broad SMARTS) is 1. The van der Waals surface area contributed by atoms with E-state index < -0.39 is 12.0 Å². The van der Waals surface area contributed by atoms with Gasteiger partial charge in [0.15, 0.2) is 0 Å². The van der Waals surface area contributed by atoms with Crippen molar-refractivity contribution < 1.29 is 14.3 Å². The molecule has 80 valence electrons. The van der Waals surface area contributed by atoms with Crippen molar-refractivity contribution in [3.63, 3.8) is 0 Å². The summed E-state index contributed by atoms with van der Waals surface area (Å²) >= 11 is 1.34. The van der Waals surface area contributed by atoms with Crippen molar-refractivity contribution in [2.24, 2.45) is 0 Å². The topological polar surface area (TPSA) is 40.5 Å². The molecule has 1 N–H and O–H groups in total. The number of halogens is 1. The van der Waals surface area contributed by atoms with Gasteiger partial charge >= 0.3 is 5.97 Å². The highest BCUT2D eigenvalue weighted by molar-refractivity contribution is 7.97. The van der Waals surface area contributed by atoms with Gasteiger partial charge in [0, 0.05) is 11.3 Å². The first-order valence-corrected chi connectivity index (χ1v) is 5.27. The molecule has 0 amide bonds. The Morgan fingerprint density at radius 2 is 2.40 bits per heavy atom. The number of rotatable bonds is 1. The van der Waals surface area contributed by atoms with E-state index in [0.717, 1.165) is 10.5 Å². The third kappa shape index (κ3) is 1.98. The molecule has 1 aromatic carbocycles. The van der Waals surface area contributed by atoms with E-state index in [9.17, 15) is 9.18 Å². The van der Waals surface area contributed by atoms with Crippen molar-refractivity contribution in [3.8, 4) is 0 Å². The molecule has 15 heavy (non-hydrogen) atoms. The highest BCUT2D eigenvalue weighted by Crippen LogP contribution is 2.34. The Morgan fingerprint density at radius 3 is 3.07 bits per heavy atom. The maximum atomic E-state index is 12.9. The highest BCUT2D eigenvalue weighted by atomic mass is 32.2. The lowest BCUT2D eigenvalue weighted by Crippen LogP contribution is -2.38. The molecule has 1 unspecified atom stereocenters. The van der Waals surface area contributed by atoms with Crippen molar-refractivity contribution in [1.82, 2.24) is 4.31 Å². The van der Waals surface area contributed by atoms with Crippen LogP contribution in [0.5, 0.6) is 0 Å². The van der Waals surface area contributed by atoms with Gasteiger partial charge in [-0.1, -0.05) is 0 Å². The molecule has 5 heteroatoms. The molecule has 0 bridgehead atoms. The Balaban J connectivity index is 2.34. The molecule has 0 radical (unpaired) electrons. The second-order valence-electron chi connectivity index (χ2n) is 3.45. The van der Waals surface area contributed by atoms with Crippen molar-refractivity contribution >= 4 is 17.9 Å². The van der Waals surface area contributed by atoms with Crippen LogP contribution in [0.1, 0.15) is 5.56 Å². The minimum atomic E-state index is -0.875. The first-order valence-electron chi connectivity index (χ1n) is 4.50. The molecule has 1 heterocycles. The fraction of sp³-hybridized carbons (Fsp3) is 0.300. The van der Waals surface area contributed by atoms with E-state index in [0.29, 0.717) is 6.42 Å². The lowest BCUT2D eigenvalue weighted by Gasteiger charge is -2.29. The molecule has 2 rings (SSSR count). The predicted octanol–water partition coefficient (Wildman–Crippen LogP) is 1.77. The van der Waals surface area contributed by atoms with Crippen LogP contribution in [0.15, 0.2) is 23.1 Å². The number of carbonyl (C=O) groups is 1. The van der Waals surface area contributed by atoms with Crippen LogP contribution in [0.4, 0.5) is 4.39 Å². The van der Waals surface area contributed by atoms with Gasteiger partial charge < -0.3 is 5.11 Å². The fourth-order valence-corrected chi connectivity index (χ4v) is 2.59. The van der Waals surface area contributed by atoms with Crippen LogP contribution < -0.4 is 0 Å². The first-order chi connectivity index (χ1) is 7.08. The van der Waals surface area contributed by atoms with Crippen LogP contribution >= 0.6 is 11.9 Å². The average Bonchev–Trinajstić information content (AvgIpc) is 2.17. The summed E-state index contributed by atoms with van der Waals surface area (Å²) in [7, 11) is 1.73. The third-order valence-electron chi connectivity index (χ3n) is 2.40. The second kappa shape index (κ2) is 3.83. The minimum absolute atomic E-state index is 0.317. The Kier molecular flexibility index (Phi) is 2.67.